The predicted octanol–water partition coefficient (Wildman–Crippen LogP) is 6.50. The van der Waals surface area contributed by atoms with Crippen molar-refractivity contribution in [3.63, 3.8) is 0 Å². The van der Waals surface area contributed by atoms with E-state index in [9.17, 15) is 14.7 Å². The summed E-state index contributed by atoms with van der Waals surface area (Å²) in [5, 5.41) is 14.5. The van der Waals surface area contributed by atoms with Crippen LogP contribution in [0.2, 0.25) is 0 Å². The standard InChI is InChI=1S/C35H38FN5O3/c1-4-27(34(43)44)35(3)14-16-39(20-35)24-11-12-26(28(36)17-24)29-19-32-37-30(18-31(23-9-10-23)41(32)38-29)33(42)40-15-13-22-7-5-6-8-25(22)21(40)2/h5-8,11-12,17-19,21,23,27H,4,9-10,13-16,20H2,1-3H3,(H,43,44)/t21-,27?,35?/m1/s1. The van der Waals surface area contributed by atoms with Crippen LogP contribution in [-0.2, 0) is 11.2 Å². The number of aromatic nitrogens is 3. The number of carboxylic acid groups (broad SMARTS) is 1. The third-order valence-electron chi connectivity index (χ3n) is 10.2. The molecule has 1 amide bonds. The zero-order valence-corrected chi connectivity index (χ0v) is 25.5. The first-order valence-corrected chi connectivity index (χ1v) is 15.7. The molecule has 1 N–H and O–H groups in total. The van der Waals surface area contributed by atoms with Crippen LogP contribution in [0.15, 0.2) is 54.6 Å². The predicted molar refractivity (Wildman–Crippen MR) is 166 cm³/mol. The molecule has 1 saturated carbocycles. The molecule has 44 heavy (non-hydrogen) atoms. The lowest BCUT2D eigenvalue weighted by Gasteiger charge is -2.35. The minimum Gasteiger partial charge on any atom is -0.481 e. The Bertz CT molecular complexity index is 1780. The van der Waals surface area contributed by atoms with Gasteiger partial charge in [-0.15, -0.1) is 0 Å². The van der Waals surface area contributed by atoms with E-state index in [0.717, 1.165) is 37.1 Å². The Hall–Kier alpha value is -4.27. The van der Waals surface area contributed by atoms with Crippen molar-refractivity contribution in [2.45, 2.75) is 64.8 Å². The first-order chi connectivity index (χ1) is 21.2. The molecular formula is C35H38FN5O3. The summed E-state index contributed by atoms with van der Waals surface area (Å²) < 4.78 is 17.5. The third-order valence-corrected chi connectivity index (χ3v) is 10.2. The summed E-state index contributed by atoms with van der Waals surface area (Å²) in [6.45, 7) is 7.88. The molecule has 7 rings (SSSR count). The number of anilines is 1. The number of carbonyl (C=O) groups is 2. The maximum atomic E-state index is 15.7. The average molecular weight is 596 g/mol. The highest BCUT2D eigenvalue weighted by Crippen LogP contribution is 2.43. The first kappa shape index (κ1) is 28.5. The topological polar surface area (TPSA) is 91.0 Å². The number of rotatable bonds is 7. The van der Waals surface area contributed by atoms with Crippen LogP contribution in [0.1, 0.15) is 85.7 Å². The van der Waals surface area contributed by atoms with Crippen LogP contribution < -0.4 is 4.90 Å². The van der Waals surface area contributed by atoms with E-state index in [2.05, 4.69) is 24.0 Å². The van der Waals surface area contributed by atoms with E-state index in [1.54, 1.807) is 16.6 Å². The van der Waals surface area contributed by atoms with Crippen molar-refractivity contribution in [1.29, 1.82) is 0 Å². The second kappa shape index (κ2) is 10.7. The molecule has 2 aromatic heterocycles. The summed E-state index contributed by atoms with van der Waals surface area (Å²) in [5.41, 5.74) is 5.54. The number of carboxylic acids is 1. The lowest BCUT2D eigenvalue weighted by atomic mass is 9.75. The van der Waals surface area contributed by atoms with E-state index in [1.807, 2.05) is 43.0 Å². The van der Waals surface area contributed by atoms with Gasteiger partial charge in [0.1, 0.15) is 11.5 Å². The Kier molecular flexibility index (Phi) is 6.94. The Morgan fingerprint density at radius 1 is 1.11 bits per heavy atom. The second-order valence-corrected chi connectivity index (χ2v) is 13.1. The molecule has 0 spiro atoms. The number of carbonyl (C=O) groups excluding carboxylic acids is 1. The van der Waals surface area contributed by atoms with Crippen molar-refractivity contribution < 1.29 is 19.1 Å². The second-order valence-electron chi connectivity index (χ2n) is 13.1. The van der Waals surface area contributed by atoms with Gasteiger partial charge in [-0.25, -0.2) is 13.9 Å². The lowest BCUT2D eigenvalue weighted by Crippen LogP contribution is -2.39. The maximum Gasteiger partial charge on any atom is 0.307 e. The molecule has 4 aromatic rings. The summed E-state index contributed by atoms with van der Waals surface area (Å²) in [6, 6.07) is 17.0. The number of amides is 1. The van der Waals surface area contributed by atoms with E-state index < -0.39 is 17.7 Å². The third kappa shape index (κ3) is 4.82. The molecule has 2 unspecified atom stereocenters. The number of benzene rings is 2. The number of aliphatic carboxylic acids is 1. The van der Waals surface area contributed by atoms with Gasteiger partial charge in [-0.05, 0) is 79.8 Å². The summed E-state index contributed by atoms with van der Waals surface area (Å²) >= 11 is 0. The van der Waals surface area contributed by atoms with Crippen molar-refractivity contribution in [3.8, 4) is 11.3 Å². The van der Waals surface area contributed by atoms with Gasteiger partial charge in [0, 0.05) is 48.6 Å². The van der Waals surface area contributed by atoms with Gasteiger partial charge in [0.25, 0.3) is 5.91 Å². The van der Waals surface area contributed by atoms with Crippen molar-refractivity contribution in [1.82, 2.24) is 19.5 Å². The Balaban J connectivity index is 1.18. The number of halogens is 1. The van der Waals surface area contributed by atoms with Crippen LogP contribution in [0.3, 0.4) is 0 Å². The molecule has 1 aliphatic carbocycles. The number of hydrogen-bond donors (Lipinski definition) is 1. The smallest absolute Gasteiger partial charge is 0.307 e. The van der Waals surface area contributed by atoms with Crippen LogP contribution >= 0.6 is 0 Å². The van der Waals surface area contributed by atoms with E-state index >= 15 is 4.39 Å². The van der Waals surface area contributed by atoms with Gasteiger partial charge in [-0.1, -0.05) is 38.1 Å². The summed E-state index contributed by atoms with van der Waals surface area (Å²) in [4.78, 5) is 34.4. The average Bonchev–Trinajstić information content (AvgIpc) is 3.64. The fourth-order valence-corrected chi connectivity index (χ4v) is 7.47. The minimum absolute atomic E-state index is 0.0478. The highest BCUT2D eigenvalue weighted by Gasteiger charge is 2.43. The molecule has 2 aliphatic heterocycles. The molecule has 4 heterocycles. The van der Waals surface area contributed by atoms with Gasteiger partial charge in [0.15, 0.2) is 5.65 Å². The molecule has 2 aromatic carbocycles. The van der Waals surface area contributed by atoms with Crippen molar-refractivity contribution in [2.24, 2.45) is 11.3 Å². The largest absolute Gasteiger partial charge is 0.481 e. The fourth-order valence-electron chi connectivity index (χ4n) is 7.47. The zero-order chi connectivity index (χ0) is 30.7. The normalized spacial score (nSPS) is 22.3. The molecule has 2 fully saturated rings. The monoisotopic (exact) mass is 595 g/mol. The molecule has 9 heteroatoms. The maximum absolute atomic E-state index is 15.7. The van der Waals surface area contributed by atoms with E-state index in [1.165, 1.54) is 17.2 Å². The van der Waals surface area contributed by atoms with Crippen LogP contribution in [0, 0.1) is 17.2 Å². The SMILES string of the molecule is CCC(C(=O)O)C1(C)CCN(c2ccc(-c3cc4nc(C(=O)N5CCc6ccccc6[C@H]5C)cc(C5CC5)n4n3)c(F)c2)C1. The molecule has 8 nitrogen and oxygen atoms in total. The van der Waals surface area contributed by atoms with Gasteiger partial charge in [0.2, 0.25) is 0 Å². The number of hydrogen-bond acceptors (Lipinski definition) is 5. The zero-order valence-electron chi connectivity index (χ0n) is 25.5. The molecule has 3 atom stereocenters. The van der Waals surface area contributed by atoms with Crippen LogP contribution in [0.25, 0.3) is 16.9 Å². The van der Waals surface area contributed by atoms with Gasteiger partial charge in [-0.2, -0.15) is 5.10 Å². The van der Waals surface area contributed by atoms with E-state index in [0.29, 0.717) is 54.6 Å². The fraction of sp³-hybridized carbons (Fsp3) is 0.429. The number of nitrogens with zero attached hydrogens (tertiary/aromatic N) is 5. The van der Waals surface area contributed by atoms with Gasteiger partial charge in [0.05, 0.1) is 17.7 Å². The number of fused-ring (bicyclic) bond motifs is 2. The molecular weight excluding hydrogens is 557 g/mol. The van der Waals surface area contributed by atoms with Crippen LogP contribution in [-0.4, -0.2) is 56.1 Å². The summed E-state index contributed by atoms with van der Waals surface area (Å²) in [6.07, 6.45) is 4.16. The molecule has 0 bridgehead atoms. The summed E-state index contributed by atoms with van der Waals surface area (Å²) in [7, 11) is 0. The quantitative estimate of drug-likeness (QED) is 0.262. The van der Waals surface area contributed by atoms with Gasteiger partial charge in [-0.3, -0.25) is 9.59 Å². The van der Waals surface area contributed by atoms with E-state index in [-0.39, 0.29) is 17.4 Å². The molecule has 1 saturated heterocycles. The van der Waals surface area contributed by atoms with Crippen molar-refractivity contribution >= 4 is 23.2 Å². The Labute approximate surface area is 256 Å². The van der Waals surface area contributed by atoms with Crippen LogP contribution in [0.5, 0.6) is 0 Å². The van der Waals surface area contributed by atoms with Gasteiger partial charge >= 0.3 is 5.97 Å². The van der Waals surface area contributed by atoms with Crippen molar-refractivity contribution in [3.05, 3.63) is 82.9 Å². The molecule has 0 radical (unpaired) electrons. The molecule has 3 aliphatic rings. The Morgan fingerprint density at radius 2 is 1.91 bits per heavy atom. The van der Waals surface area contributed by atoms with E-state index in [4.69, 9.17) is 10.1 Å². The van der Waals surface area contributed by atoms with Crippen molar-refractivity contribution in [2.75, 3.05) is 24.5 Å². The summed E-state index contributed by atoms with van der Waals surface area (Å²) in [5.74, 6) is -1.40. The highest BCUT2D eigenvalue weighted by atomic mass is 19.1. The Morgan fingerprint density at radius 3 is 2.64 bits per heavy atom. The lowest BCUT2D eigenvalue weighted by molar-refractivity contribution is -0.146. The molecule has 228 valence electrons. The first-order valence-electron chi connectivity index (χ1n) is 15.7. The van der Waals surface area contributed by atoms with Crippen LogP contribution in [0.4, 0.5) is 10.1 Å². The minimum atomic E-state index is -0.773. The van der Waals surface area contributed by atoms with Gasteiger partial charge < -0.3 is 14.9 Å². The highest BCUT2D eigenvalue weighted by molar-refractivity contribution is 5.93.